The van der Waals surface area contributed by atoms with E-state index in [1.165, 1.54) is 12.1 Å². The third-order valence-electron chi connectivity index (χ3n) is 3.38. The molecule has 2 rings (SSSR count). The third-order valence-corrected chi connectivity index (χ3v) is 5.13. The van der Waals surface area contributed by atoms with Crippen molar-refractivity contribution in [3.05, 3.63) is 48.5 Å². The predicted octanol–water partition coefficient (Wildman–Crippen LogP) is 3.18. The first-order valence-electron chi connectivity index (χ1n) is 8.89. The highest BCUT2D eigenvalue weighted by Crippen LogP contribution is 2.26. The zero-order valence-electron chi connectivity index (χ0n) is 16.5. The second kappa shape index (κ2) is 9.07. The van der Waals surface area contributed by atoms with E-state index in [0.29, 0.717) is 23.8 Å². The molecule has 0 saturated carbocycles. The van der Waals surface area contributed by atoms with Crippen LogP contribution in [-0.2, 0) is 14.8 Å². The van der Waals surface area contributed by atoms with Crippen LogP contribution in [0.15, 0.2) is 53.4 Å². The van der Waals surface area contributed by atoms with E-state index in [1.807, 2.05) is 13.0 Å². The van der Waals surface area contributed by atoms with Gasteiger partial charge in [0.25, 0.3) is 5.91 Å². The molecule has 8 heteroatoms. The number of benzene rings is 2. The van der Waals surface area contributed by atoms with Gasteiger partial charge >= 0.3 is 0 Å². The number of hydrogen-bond donors (Lipinski definition) is 2. The van der Waals surface area contributed by atoms with Gasteiger partial charge < -0.3 is 14.8 Å². The van der Waals surface area contributed by atoms with Crippen molar-refractivity contribution in [3.8, 4) is 11.5 Å². The Morgan fingerprint density at radius 3 is 2.25 bits per heavy atom. The quantitative estimate of drug-likeness (QED) is 0.702. The molecule has 0 atom stereocenters. The summed E-state index contributed by atoms with van der Waals surface area (Å²) in [5.41, 5.74) is -0.247. The summed E-state index contributed by atoms with van der Waals surface area (Å²) in [4.78, 5) is 12.3. The Morgan fingerprint density at radius 2 is 1.64 bits per heavy atom. The molecule has 152 valence electrons. The topological polar surface area (TPSA) is 93.7 Å². The predicted molar refractivity (Wildman–Crippen MR) is 108 cm³/mol. The van der Waals surface area contributed by atoms with E-state index in [9.17, 15) is 13.2 Å². The van der Waals surface area contributed by atoms with Crippen LogP contribution in [-0.4, -0.2) is 33.1 Å². The lowest BCUT2D eigenvalue weighted by Gasteiger charge is -2.20. The molecule has 0 fully saturated rings. The summed E-state index contributed by atoms with van der Waals surface area (Å²) in [6, 6.07) is 13.1. The first kappa shape index (κ1) is 21.7. The van der Waals surface area contributed by atoms with Crippen molar-refractivity contribution in [2.24, 2.45) is 0 Å². The Morgan fingerprint density at radius 1 is 1.00 bits per heavy atom. The van der Waals surface area contributed by atoms with Gasteiger partial charge in [-0.1, -0.05) is 18.2 Å². The van der Waals surface area contributed by atoms with Crippen molar-refractivity contribution in [1.82, 2.24) is 4.72 Å². The van der Waals surface area contributed by atoms with E-state index in [0.717, 1.165) is 0 Å². The third kappa shape index (κ3) is 6.54. The first-order valence-corrected chi connectivity index (χ1v) is 10.4. The summed E-state index contributed by atoms with van der Waals surface area (Å²) in [6.45, 7) is 7.38. The minimum atomic E-state index is -3.69. The minimum Gasteiger partial charge on any atom is -0.490 e. The van der Waals surface area contributed by atoms with Crippen LogP contribution in [0.3, 0.4) is 0 Å². The average Bonchev–Trinajstić information content (AvgIpc) is 2.59. The summed E-state index contributed by atoms with van der Waals surface area (Å²) in [6.07, 6.45) is 0. The second-order valence-corrected chi connectivity index (χ2v) is 8.78. The number of carbonyl (C=O) groups excluding carboxylic acids is 1. The van der Waals surface area contributed by atoms with Crippen LogP contribution in [0.5, 0.6) is 11.5 Å². The summed E-state index contributed by atoms with van der Waals surface area (Å²) in [5.74, 6) is 0.606. The highest BCUT2D eigenvalue weighted by molar-refractivity contribution is 7.89. The lowest BCUT2D eigenvalue weighted by Crippen LogP contribution is -2.40. The molecule has 0 aliphatic heterocycles. The zero-order valence-corrected chi connectivity index (χ0v) is 17.3. The maximum absolute atomic E-state index is 12.4. The summed E-state index contributed by atoms with van der Waals surface area (Å²) >= 11 is 0. The molecule has 0 saturated heterocycles. The first-order chi connectivity index (χ1) is 13.1. The van der Waals surface area contributed by atoms with E-state index in [1.54, 1.807) is 51.1 Å². The number of ether oxygens (including phenoxy) is 2. The molecule has 2 N–H and O–H groups in total. The summed E-state index contributed by atoms with van der Waals surface area (Å²) in [7, 11) is -3.69. The van der Waals surface area contributed by atoms with E-state index in [2.05, 4.69) is 10.0 Å². The molecule has 0 aromatic heterocycles. The lowest BCUT2D eigenvalue weighted by atomic mass is 10.1. The Labute approximate surface area is 166 Å². The summed E-state index contributed by atoms with van der Waals surface area (Å²) < 4.78 is 38.4. The van der Waals surface area contributed by atoms with E-state index in [4.69, 9.17) is 9.47 Å². The van der Waals surface area contributed by atoms with Gasteiger partial charge in [-0.15, -0.1) is 0 Å². The van der Waals surface area contributed by atoms with Crippen LogP contribution in [0.25, 0.3) is 0 Å². The highest BCUT2D eigenvalue weighted by atomic mass is 32.2. The molecule has 0 bridgehead atoms. The summed E-state index contributed by atoms with van der Waals surface area (Å²) in [5, 5.41) is 2.64. The van der Waals surface area contributed by atoms with Crippen molar-refractivity contribution in [2.75, 3.05) is 18.5 Å². The van der Waals surface area contributed by atoms with Crippen LogP contribution in [0, 0.1) is 0 Å². The molecule has 2 aromatic rings. The van der Waals surface area contributed by atoms with Crippen molar-refractivity contribution in [3.63, 3.8) is 0 Å². The molecule has 0 radical (unpaired) electrons. The largest absolute Gasteiger partial charge is 0.490 e. The van der Waals surface area contributed by atoms with Gasteiger partial charge in [-0.25, -0.2) is 13.1 Å². The van der Waals surface area contributed by atoms with E-state index >= 15 is 0 Å². The van der Waals surface area contributed by atoms with Crippen molar-refractivity contribution >= 4 is 21.6 Å². The lowest BCUT2D eigenvalue weighted by molar-refractivity contribution is -0.118. The smallest absolute Gasteiger partial charge is 0.262 e. The molecule has 0 heterocycles. The van der Waals surface area contributed by atoms with E-state index in [-0.39, 0.29) is 11.5 Å². The van der Waals surface area contributed by atoms with Gasteiger partial charge in [0.2, 0.25) is 10.0 Å². The Balaban J connectivity index is 2.03. The van der Waals surface area contributed by atoms with Gasteiger partial charge in [-0.05, 0) is 58.0 Å². The normalized spacial score (nSPS) is 11.7. The number of rotatable bonds is 8. The minimum absolute atomic E-state index is 0.0721. The monoisotopic (exact) mass is 406 g/mol. The standard InChI is InChI=1S/C20H26N2O5S/c1-5-26-17-11-6-7-12-18(17)27-14-19(23)21-15-9-8-10-16(13-15)28(24,25)22-20(2,3)4/h6-13,22H,5,14H2,1-4H3,(H,21,23). The molecule has 28 heavy (non-hydrogen) atoms. The number of carbonyl (C=O) groups is 1. The van der Waals surface area contributed by atoms with Gasteiger partial charge in [-0.2, -0.15) is 0 Å². The average molecular weight is 407 g/mol. The van der Waals surface area contributed by atoms with Gasteiger partial charge in [-0.3, -0.25) is 4.79 Å². The molecule has 0 spiro atoms. The SMILES string of the molecule is CCOc1ccccc1OCC(=O)Nc1cccc(S(=O)(=O)NC(C)(C)C)c1. The maximum atomic E-state index is 12.4. The second-order valence-electron chi connectivity index (χ2n) is 7.10. The molecule has 0 unspecified atom stereocenters. The van der Waals surface area contributed by atoms with Crippen LogP contribution >= 0.6 is 0 Å². The van der Waals surface area contributed by atoms with Crippen molar-refractivity contribution in [2.45, 2.75) is 38.1 Å². The molecule has 0 aliphatic rings. The van der Waals surface area contributed by atoms with Crippen molar-refractivity contribution < 1.29 is 22.7 Å². The zero-order chi connectivity index (χ0) is 20.8. The Kier molecular flexibility index (Phi) is 7.04. The fourth-order valence-electron chi connectivity index (χ4n) is 2.39. The van der Waals surface area contributed by atoms with Gasteiger partial charge in [0.1, 0.15) is 0 Å². The number of anilines is 1. The number of sulfonamides is 1. The Hall–Kier alpha value is -2.58. The van der Waals surface area contributed by atoms with Crippen LogP contribution in [0.2, 0.25) is 0 Å². The molecular weight excluding hydrogens is 380 g/mol. The van der Waals surface area contributed by atoms with Crippen LogP contribution < -0.4 is 19.5 Å². The molecular formula is C20H26N2O5S. The fraction of sp³-hybridized carbons (Fsp3) is 0.350. The molecule has 7 nitrogen and oxygen atoms in total. The van der Waals surface area contributed by atoms with Crippen LogP contribution in [0.4, 0.5) is 5.69 Å². The number of nitrogens with one attached hydrogen (secondary N) is 2. The molecule has 0 aliphatic carbocycles. The number of para-hydroxylation sites is 2. The number of amides is 1. The van der Waals surface area contributed by atoms with Crippen LogP contribution in [0.1, 0.15) is 27.7 Å². The highest BCUT2D eigenvalue weighted by Gasteiger charge is 2.22. The molecule has 1 amide bonds. The van der Waals surface area contributed by atoms with Gasteiger partial charge in [0.05, 0.1) is 11.5 Å². The Bertz CT molecular complexity index is 920. The number of hydrogen-bond acceptors (Lipinski definition) is 5. The maximum Gasteiger partial charge on any atom is 0.262 e. The van der Waals surface area contributed by atoms with E-state index < -0.39 is 21.5 Å². The van der Waals surface area contributed by atoms with Gasteiger partial charge in [0.15, 0.2) is 18.1 Å². The molecule has 2 aromatic carbocycles. The fourth-order valence-corrected chi connectivity index (χ4v) is 3.85. The van der Waals surface area contributed by atoms with Gasteiger partial charge in [0, 0.05) is 11.2 Å². The van der Waals surface area contributed by atoms with Crippen molar-refractivity contribution in [1.29, 1.82) is 0 Å².